The summed E-state index contributed by atoms with van der Waals surface area (Å²) in [6.45, 7) is 4.06. The van der Waals surface area contributed by atoms with Crippen molar-refractivity contribution in [1.82, 2.24) is 4.98 Å². The van der Waals surface area contributed by atoms with Crippen LogP contribution in [0.25, 0.3) is 0 Å². The number of hydrogen-bond acceptors (Lipinski definition) is 5. The van der Waals surface area contributed by atoms with E-state index in [0.29, 0.717) is 18.8 Å². The molecule has 1 atom stereocenters. The Balaban J connectivity index is 1.74. The van der Waals surface area contributed by atoms with Gasteiger partial charge in [0.1, 0.15) is 11.6 Å². The van der Waals surface area contributed by atoms with Crippen LogP contribution in [-0.2, 0) is 4.74 Å². The van der Waals surface area contributed by atoms with Crippen LogP contribution in [0.4, 0.5) is 20.3 Å². The Morgan fingerprint density at radius 1 is 1.15 bits per heavy atom. The maximum absolute atomic E-state index is 12.6. The molecular formula is C19H23F2N3O2. The van der Waals surface area contributed by atoms with Gasteiger partial charge < -0.3 is 19.7 Å². The highest BCUT2D eigenvalue weighted by atomic mass is 19.3. The first-order chi connectivity index (χ1) is 12.5. The molecule has 5 nitrogen and oxygen atoms in total. The fourth-order valence-corrected chi connectivity index (χ4v) is 3.02. The Morgan fingerprint density at radius 2 is 1.88 bits per heavy atom. The molecule has 3 rings (SSSR count). The molecule has 2 heterocycles. The van der Waals surface area contributed by atoms with Crippen molar-refractivity contribution < 1.29 is 18.3 Å². The molecule has 1 aromatic carbocycles. The fraction of sp³-hybridized carbons (Fsp3) is 0.421. The van der Waals surface area contributed by atoms with Crippen molar-refractivity contribution in [2.75, 3.05) is 36.5 Å². The Morgan fingerprint density at radius 3 is 2.58 bits per heavy atom. The molecule has 0 amide bonds. The largest absolute Gasteiger partial charge is 0.434 e. The van der Waals surface area contributed by atoms with E-state index in [1.165, 1.54) is 0 Å². The molecule has 0 radical (unpaired) electrons. The normalized spacial score (nSPS) is 15.8. The average Bonchev–Trinajstić information content (AvgIpc) is 2.64. The third-order valence-electron chi connectivity index (χ3n) is 4.38. The second-order valence-corrected chi connectivity index (χ2v) is 6.18. The number of aryl methyl sites for hydroxylation is 1. The number of aromatic nitrogens is 1. The number of nitrogens with one attached hydrogen (secondary N) is 1. The predicted octanol–water partition coefficient (Wildman–Crippen LogP) is 4.00. The van der Waals surface area contributed by atoms with Gasteiger partial charge in [-0.3, -0.25) is 0 Å². The first-order valence-corrected chi connectivity index (χ1v) is 8.65. The number of para-hydroxylation sites is 1. The van der Waals surface area contributed by atoms with Crippen LogP contribution in [0.5, 0.6) is 5.75 Å². The number of rotatable bonds is 6. The summed E-state index contributed by atoms with van der Waals surface area (Å²) in [5, 5.41) is 3.34. The quantitative estimate of drug-likeness (QED) is 0.841. The van der Waals surface area contributed by atoms with E-state index in [2.05, 4.69) is 19.9 Å². The van der Waals surface area contributed by atoms with Crippen LogP contribution in [-0.4, -0.2) is 37.9 Å². The van der Waals surface area contributed by atoms with E-state index in [1.54, 1.807) is 24.3 Å². The number of morpholine rings is 1. The summed E-state index contributed by atoms with van der Waals surface area (Å²) >= 11 is 0. The molecule has 1 fully saturated rings. The van der Waals surface area contributed by atoms with Crippen LogP contribution in [0.1, 0.15) is 24.2 Å². The van der Waals surface area contributed by atoms with Crippen LogP contribution < -0.4 is 15.0 Å². The topological polar surface area (TPSA) is 46.6 Å². The molecule has 1 aromatic heterocycles. The lowest BCUT2D eigenvalue weighted by Crippen LogP contribution is -2.36. The molecule has 140 valence electrons. The monoisotopic (exact) mass is 363 g/mol. The van der Waals surface area contributed by atoms with Gasteiger partial charge in [-0.15, -0.1) is 0 Å². The van der Waals surface area contributed by atoms with Crippen LogP contribution >= 0.6 is 0 Å². The van der Waals surface area contributed by atoms with Gasteiger partial charge >= 0.3 is 6.61 Å². The van der Waals surface area contributed by atoms with Crippen LogP contribution in [0.3, 0.4) is 0 Å². The first kappa shape index (κ1) is 18.4. The van der Waals surface area contributed by atoms with Crippen LogP contribution in [0.15, 0.2) is 36.4 Å². The predicted molar refractivity (Wildman–Crippen MR) is 97.1 cm³/mol. The molecule has 0 spiro atoms. The summed E-state index contributed by atoms with van der Waals surface area (Å²) in [6, 6.07) is 10.5. The number of pyridine rings is 1. The zero-order chi connectivity index (χ0) is 18.5. The second kappa shape index (κ2) is 8.31. The van der Waals surface area contributed by atoms with Gasteiger partial charge in [-0.1, -0.05) is 18.2 Å². The first-order valence-electron chi connectivity index (χ1n) is 8.65. The third-order valence-corrected chi connectivity index (χ3v) is 4.38. The minimum absolute atomic E-state index is 0.179. The summed E-state index contributed by atoms with van der Waals surface area (Å²) in [5.74, 6) is 1.10. The highest BCUT2D eigenvalue weighted by Gasteiger charge is 2.17. The number of ether oxygens (including phenoxy) is 2. The smallest absolute Gasteiger partial charge is 0.387 e. The Labute approximate surface area is 151 Å². The number of anilines is 2. The van der Waals surface area contributed by atoms with Gasteiger partial charge in [-0.25, -0.2) is 4.98 Å². The number of nitrogens with zero attached hydrogens (tertiary/aromatic N) is 2. The van der Waals surface area contributed by atoms with E-state index >= 15 is 0 Å². The minimum atomic E-state index is -2.85. The van der Waals surface area contributed by atoms with Gasteiger partial charge in [0.2, 0.25) is 0 Å². The van der Waals surface area contributed by atoms with Gasteiger partial charge in [-0.2, -0.15) is 8.78 Å². The molecule has 0 saturated carbocycles. The van der Waals surface area contributed by atoms with Crippen molar-refractivity contribution in [3.8, 4) is 5.75 Å². The van der Waals surface area contributed by atoms with Crippen molar-refractivity contribution in [2.24, 2.45) is 0 Å². The van der Waals surface area contributed by atoms with E-state index in [-0.39, 0.29) is 11.8 Å². The molecular weight excluding hydrogens is 340 g/mol. The van der Waals surface area contributed by atoms with Crippen molar-refractivity contribution in [1.29, 1.82) is 0 Å². The zero-order valence-electron chi connectivity index (χ0n) is 14.9. The Hall–Kier alpha value is -2.41. The molecule has 1 aliphatic heterocycles. The summed E-state index contributed by atoms with van der Waals surface area (Å²) in [4.78, 5) is 6.86. The lowest BCUT2D eigenvalue weighted by atomic mass is 10.1. The Kier molecular flexibility index (Phi) is 5.88. The highest BCUT2D eigenvalue weighted by Crippen LogP contribution is 2.30. The number of alkyl halides is 2. The van der Waals surface area contributed by atoms with E-state index in [9.17, 15) is 8.78 Å². The second-order valence-electron chi connectivity index (χ2n) is 6.18. The lowest BCUT2D eigenvalue weighted by molar-refractivity contribution is -0.0505. The average molecular weight is 363 g/mol. The number of hydrogen-bond donors (Lipinski definition) is 1. The lowest BCUT2D eigenvalue weighted by Gasteiger charge is -2.28. The van der Waals surface area contributed by atoms with E-state index in [4.69, 9.17) is 4.74 Å². The zero-order valence-corrected chi connectivity index (χ0v) is 14.9. The summed E-state index contributed by atoms with van der Waals surface area (Å²) < 4.78 is 35.2. The molecule has 0 bridgehead atoms. The van der Waals surface area contributed by atoms with Gasteiger partial charge in [0.05, 0.1) is 30.6 Å². The van der Waals surface area contributed by atoms with Gasteiger partial charge in [0.15, 0.2) is 0 Å². The van der Waals surface area contributed by atoms with E-state index in [1.807, 2.05) is 26.0 Å². The van der Waals surface area contributed by atoms with Crippen molar-refractivity contribution in [2.45, 2.75) is 26.5 Å². The standard InChI is InChI=1S/C19H23F2N3O2/c1-13(15-5-3-4-6-17(15)26-19(20)21)22-16-7-8-18(23-14(16)2)24-9-11-25-12-10-24/h3-8,13,19,22H,9-12H2,1-2H3. The van der Waals surface area contributed by atoms with Crippen molar-refractivity contribution in [3.63, 3.8) is 0 Å². The highest BCUT2D eigenvalue weighted by molar-refractivity contribution is 5.55. The van der Waals surface area contributed by atoms with Gasteiger partial charge in [-0.05, 0) is 32.0 Å². The number of halogens is 2. The molecule has 1 N–H and O–H groups in total. The van der Waals surface area contributed by atoms with E-state index < -0.39 is 6.61 Å². The molecule has 1 aliphatic rings. The summed E-state index contributed by atoms with van der Waals surface area (Å²) in [7, 11) is 0. The van der Waals surface area contributed by atoms with Crippen molar-refractivity contribution in [3.05, 3.63) is 47.7 Å². The third kappa shape index (κ3) is 4.40. The van der Waals surface area contributed by atoms with Crippen molar-refractivity contribution >= 4 is 11.5 Å². The molecule has 7 heteroatoms. The summed E-state index contributed by atoms with van der Waals surface area (Å²) in [6.07, 6.45) is 0. The molecule has 0 aliphatic carbocycles. The minimum Gasteiger partial charge on any atom is -0.434 e. The molecule has 1 unspecified atom stereocenters. The van der Waals surface area contributed by atoms with Crippen LogP contribution in [0, 0.1) is 6.92 Å². The van der Waals surface area contributed by atoms with E-state index in [0.717, 1.165) is 30.3 Å². The van der Waals surface area contributed by atoms with Gasteiger partial charge in [0.25, 0.3) is 0 Å². The maximum Gasteiger partial charge on any atom is 0.387 e. The fourth-order valence-electron chi connectivity index (χ4n) is 3.02. The SMILES string of the molecule is Cc1nc(N2CCOCC2)ccc1NC(C)c1ccccc1OC(F)F. The summed E-state index contributed by atoms with van der Waals surface area (Å²) in [5.41, 5.74) is 2.39. The van der Waals surface area contributed by atoms with Gasteiger partial charge in [0, 0.05) is 18.7 Å². The molecule has 26 heavy (non-hydrogen) atoms. The number of benzene rings is 1. The maximum atomic E-state index is 12.6. The Bertz CT molecular complexity index is 736. The van der Waals surface area contributed by atoms with Crippen LogP contribution in [0.2, 0.25) is 0 Å². The molecule has 1 saturated heterocycles. The molecule has 2 aromatic rings.